The fourth-order valence-electron chi connectivity index (χ4n) is 3.91. The van der Waals surface area contributed by atoms with Gasteiger partial charge < -0.3 is 15.7 Å². The molecule has 0 saturated heterocycles. The van der Waals surface area contributed by atoms with E-state index in [1.54, 1.807) is 24.3 Å². The molecule has 0 heterocycles. The lowest BCUT2D eigenvalue weighted by Gasteiger charge is -2.24. The van der Waals surface area contributed by atoms with Gasteiger partial charge in [0.1, 0.15) is 0 Å². The summed E-state index contributed by atoms with van der Waals surface area (Å²) in [5.41, 5.74) is 0.989. The van der Waals surface area contributed by atoms with E-state index in [0.717, 1.165) is 25.7 Å². The van der Waals surface area contributed by atoms with Crippen molar-refractivity contribution >= 4 is 40.8 Å². The molecule has 2 atom stereocenters. The van der Waals surface area contributed by atoms with E-state index < -0.39 is 17.8 Å². The van der Waals surface area contributed by atoms with E-state index in [1.807, 2.05) is 6.08 Å². The van der Waals surface area contributed by atoms with Crippen LogP contribution in [0.15, 0.2) is 30.4 Å². The average molecular weight is 405 g/mol. The zero-order valence-corrected chi connectivity index (χ0v) is 16.4. The smallest absolute Gasteiger partial charge is 0.307 e. The Kier molecular flexibility index (Phi) is 6.73. The number of amides is 2. The quantitative estimate of drug-likeness (QED) is 0.631. The van der Waals surface area contributed by atoms with E-state index in [-0.39, 0.29) is 17.7 Å². The molecular formula is C21H25ClN2O4. The molecule has 0 bridgehead atoms. The van der Waals surface area contributed by atoms with Gasteiger partial charge in [0, 0.05) is 11.6 Å². The van der Waals surface area contributed by atoms with Crippen molar-refractivity contribution in [3.63, 3.8) is 0 Å². The van der Waals surface area contributed by atoms with Crippen LogP contribution in [0.3, 0.4) is 0 Å². The second-order valence-electron chi connectivity index (χ2n) is 7.50. The van der Waals surface area contributed by atoms with E-state index >= 15 is 0 Å². The highest BCUT2D eigenvalue weighted by molar-refractivity contribution is 6.34. The Labute approximate surface area is 169 Å². The van der Waals surface area contributed by atoms with Crippen LogP contribution in [0.4, 0.5) is 11.4 Å². The number of carboxylic acids is 1. The summed E-state index contributed by atoms with van der Waals surface area (Å²) >= 11 is 6.29. The third kappa shape index (κ3) is 4.93. The van der Waals surface area contributed by atoms with Gasteiger partial charge in [0.25, 0.3) is 0 Å². The predicted molar refractivity (Wildman–Crippen MR) is 108 cm³/mol. The molecule has 1 aromatic rings. The number of hydrogen-bond acceptors (Lipinski definition) is 3. The summed E-state index contributed by atoms with van der Waals surface area (Å²) in [6.07, 6.45) is 9.50. The fraction of sp³-hybridized carbons (Fsp3) is 0.476. The number of aliphatic carboxylic acids is 1. The number of halogens is 1. The molecule has 1 aromatic carbocycles. The number of nitrogens with one attached hydrogen (secondary N) is 2. The first-order valence-corrected chi connectivity index (χ1v) is 10.1. The van der Waals surface area contributed by atoms with Crippen LogP contribution in [-0.4, -0.2) is 22.9 Å². The Morgan fingerprint density at radius 3 is 2.25 bits per heavy atom. The summed E-state index contributed by atoms with van der Waals surface area (Å²) in [6, 6.07) is 4.90. The summed E-state index contributed by atoms with van der Waals surface area (Å²) in [7, 11) is 0. The molecule has 7 heteroatoms. The van der Waals surface area contributed by atoms with Crippen molar-refractivity contribution < 1.29 is 19.5 Å². The van der Waals surface area contributed by atoms with Gasteiger partial charge in [-0.15, -0.1) is 0 Å². The van der Waals surface area contributed by atoms with Crippen LogP contribution < -0.4 is 10.6 Å². The Bertz CT molecular complexity index is 787. The Hall–Kier alpha value is -2.34. The van der Waals surface area contributed by atoms with Crippen molar-refractivity contribution in [1.82, 2.24) is 0 Å². The van der Waals surface area contributed by atoms with Gasteiger partial charge in [-0.05, 0) is 43.9 Å². The Morgan fingerprint density at radius 2 is 1.61 bits per heavy atom. The summed E-state index contributed by atoms with van der Waals surface area (Å²) in [6.45, 7) is 0. The molecule has 0 aromatic heterocycles. The van der Waals surface area contributed by atoms with E-state index in [2.05, 4.69) is 10.6 Å². The van der Waals surface area contributed by atoms with Crippen LogP contribution in [-0.2, 0) is 14.4 Å². The zero-order chi connectivity index (χ0) is 20.1. The molecule has 2 aliphatic carbocycles. The predicted octanol–water partition coefficient (Wildman–Crippen LogP) is 4.46. The lowest BCUT2D eigenvalue weighted by molar-refractivity contribution is -0.146. The molecule has 0 spiro atoms. The number of rotatable bonds is 5. The molecule has 3 N–H and O–H groups in total. The monoisotopic (exact) mass is 404 g/mol. The summed E-state index contributed by atoms with van der Waals surface area (Å²) < 4.78 is 0. The van der Waals surface area contributed by atoms with Crippen molar-refractivity contribution in [3.8, 4) is 0 Å². The topological polar surface area (TPSA) is 95.5 Å². The van der Waals surface area contributed by atoms with Gasteiger partial charge in [-0.1, -0.05) is 43.0 Å². The summed E-state index contributed by atoms with van der Waals surface area (Å²) in [5, 5.41) is 15.3. The third-order valence-corrected chi connectivity index (χ3v) is 5.87. The highest BCUT2D eigenvalue weighted by Crippen LogP contribution is 2.31. The fourth-order valence-corrected chi connectivity index (χ4v) is 4.13. The number of carbonyl (C=O) groups excluding carboxylic acids is 2. The minimum Gasteiger partial charge on any atom is -0.481 e. The molecule has 0 unspecified atom stereocenters. The largest absolute Gasteiger partial charge is 0.481 e. The molecule has 1 fully saturated rings. The molecule has 1 saturated carbocycles. The molecular weight excluding hydrogens is 380 g/mol. The number of anilines is 2. The van der Waals surface area contributed by atoms with Crippen molar-refractivity contribution in [2.75, 3.05) is 10.6 Å². The highest BCUT2D eigenvalue weighted by atomic mass is 35.5. The maximum atomic E-state index is 12.5. The highest BCUT2D eigenvalue weighted by Gasteiger charge is 2.34. The molecule has 3 rings (SSSR count). The molecule has 0 aliphatic heterocycles. The molecule has 150 valence electrons. The van der Waals surface area contributed by atoms with E-state index in [9.17, 15) is 19.5 Å². The van der Waals surface area contributed by atoms with Crippen LogP contribution in [0, 0.1) is 17.8 Å². The van der Waals surface area contributed by atoms with Crippen molar-refractivity contribution in [1.29, 1.82) is 0 Å². The minimum atomic E-state index is -0.969. The second kappa shape index (κ2) is 9.24. The maximum absolute atomic E-state index is 12.5. The minimum absolute atomic E-state index is 0.0170. The van der Waals surface area contributed by atoms with Gasteiger partial charge in [-0.2, -0.15) is 0 Å². The summed E-state index contributed by atoms with van der Waals surface area (Å²) in [4.78, 5) is 36.3. The first kappa shape index (κ1) is 20.4. The number of benzene rings is 1. The number of carboxylic acid groups (broad SMARTS) is 1. The van der Waals surface area contributed by atoms with Crippen LogP contribution in [0.1, 0.15) is 44.9 Å². The van der Waals surface area contributed by atoms with Crippen molar-refractivity contribution in [2.45, 2.75) is 44.9 Å². The van der Waals surface area contributed by atoms with Gasteiger partial charge in [-0.3, -0.25) is 14.4 Å². The number of allylic oxidation sites excluding steroid dienone is 2. The SMILES string of the molecule is O=C(Nc1ccc(NC(=O)[C@@H]2CC=CC[C@@H]2C(=O)O)cc1Cl)C1CCCCC1. The normalized spacial score (nSPS) is 22.5. The first-order chi connectivity index (χ1) is 13.5. The molecule has 6 nitrogen and oxygen atoms in total. The van der Waals surface area contributed by atoms with Crippen LogP contribution in [0.5, 0.6) is 0 Å². The van der Waals surface area contributed by atoms with Crippen molar-refractivity contribution in [2.24, 2.45) is 17.8 Å². The van der Waals surface area contributed by atoms with Crippen molar-refractivity contribution in [3.05, 3.63) is 35.4 Å². The second-order valence-corrected chi connectivity index (χ2v) is 7.91. The van der Waals surface area contributed by atoms with E-state index in [4.69, 9.17) is 11.6 Å². The van der Waals surface area contributed by atoms with E-state index in [1.165, 1.54) is 6.42 Å². The Balaban J connectivity index is 1.63. The van der Waals surface area contributed by atoms with Gasteiger partial charge in [0.2, 0.25) is 11.8 Å². The van der Waals surface area contributed by atoms with Gasteiger partial charge in [-0.25, -0.2) is 0 Å². The zero-order valence-electron chi connectivity index (χ0n) is 15.6. The standard InChI is InChI=1S/C21H25ClN2O4/c22-17-12-14(23-20(26)15-8-4-5-9-16(15)21(27)28)10-11-18(17)24-19(25)13-6-2-1-3-7-13/h4-5,10-13,15-16H,1-3,6-9H2,(H,23,26)(H,24,25)(H,27,28)/t15-,16+/m1/s1. The molecule has 2 amide bonds. The molecule has 28 heavy (non-hydrogen) atoms. The summed E-state index contributed by atoms with van der Waals surface area (Å²) in [5.74, 6) is -2.65. The molecule has 2 aliphatic rings. The third-order valence-electron chi connectivity index (χ3n) is 5.56. The van der Waals surface area contributed by atoms with E-state index in [0.29, 0.717) is 29.2 Å². The van der Waals surface area contributed by atoms with Gasteiger partial charge in [0.15, 0.2) is 0 Å². The maximum Gasteiger partial charge on any atom is 0.307 e. The van der Waals surface area contributed by atoms with Crippen LogP contribution in [0.2, 0.25) is 5.02 Å². The Morgan fingerprint density at radius 1 is 0.929 bits per heavy atom. The van der Waals surface area contributed by atoms with Gasteiger partial charge in [0.05, 0.1) is 22.5 Å². The number of hydrogen-bond donors (Lipinski definition) is 3. The first-order valence-electron chi connectivity index (χ1n) is 9.75. The molecule has 0 radical (unpaired) electrons. The lowest BCUT2D eigenvalue weighted by atomic mass is 9.82. The number of carbonyl (C=O) groups is 3. The average Bonchev–Trinajstić information content (AvgIpc) is 2.70. The lowest BCUT2D eigenvalue weighted by Crippen LogP contribution is -2.34. The van der Waals surface area contributed by atoms with Gasteiger partial charge >= 0.3 is 5.97 Å². The van der Waals surface area contributed by atoms with Crippen LogP contribution in [0.25, 0.3) is 0 Å². The van der Waals surface area contributed by atoms with Crippen LogP contribution >= 0.6 is 11.6 Å².